The van der Waals surface area contributed by atoms with E-state index in [-0.39, 0.29) is 11.5 Å². The minimum atomic E-state index is 0.171. The molecular formula is C22H34O2. The molecule has 1 aromatic rings. The van der Waals surface area contributed by atoms with Crippen LogP contribution in [0, 0.1) is 28.6 Å². The maximum absolute atomic E-state index is 9.73. The van der Waals surface area contributed by atoms with E-state index in [0.29, 0.717) is 10.8 Å². The quantitative estimate of drug-likeness (QED) is 0.723. The van der Waals surface area contributed by atoms with Gasteiger partial charge in [0.25, 0.3) is 0 Å². The minimum Gasteiger partial charge on any atom is -0.508 e. The van der Waals surface area contributed by atoms with Gasteiger partial charge in [-0.25, -0.2) is 0 Å². The Bertz CT molecular complexity index is 571. The molecule has 2 N–H and O–H groups in total. The topological polar surface area (TPSA) is 40.5 Å². The number of fused-ring (bicyclic) bond motifs is 1. The fraction of sp³-hybridized carbons (Fsp3) is 0.727. The van der Waals surface area contributed by atoms with Gasteiger partial charge in [0.2, 0.25) is 0 Å². The summed E-state index contributed by atoms with van der Waals surface area (Å²) in [6.45, 7) is 9.96. The summed E-state index contributed by atoms with van der Waals surface area (Å²) in [5.41, 5.74) is 1.97. The zero-order valence-corrected chi connectivity index (χ0v) is 15.8. The summed E-state index contributed by atoms with van der Waals surface area (Å²) in [6.07, 6.45) is 8.92. The van der Waals surface area contributed by atoms with E-state index in [1.165, 1.54) is 38.2 Å². The summed E-state index contributed by atoms with van der Waals surface area (Å²) in [4.78, 5) is 0. The second kappa shape index (κ2) is 6.28. The Labute approximate surface area is 147 Å². The summed E-state index contributed by atoms with van der Waals surface area (Å²) in [5, 5.41) is 19.5. The molecule has 0 spiro atoms. The number of hydrogen-bond donors (Lipinski definition) is 2. The summed E-state index contributed by atoms with van der Waals surface area (Å²) in [6, 6.07) is 5.02. The van der Waals surface area contributed by atoms with Gasteiger partial charge >= 0.3 is 0 Å². The molecule has 0 heterocycles. The molecule has 24 heavy (non-hydrogen) atoms. The van der Waals surface area contributed by atoms with Crippen LogP contribution in [-0.4, -0.2) is 10.2 Å². The molecule has 0 aliphatic heterocycles. The number of aromatic hydroxyl groups is 2. The minimum absolute atomic E-state index is 0.171. The molecule has 134 valence electrons. The zero-order valence-electron chi connectivity index (χ0n) is 15.8. The highest BCUT2D eigenvalue weighted by atomic mass is 16.3. The first-order chi connectivity index (χ1) is 11.2. The van der Waals surface area contributed by atoms with Gasteiger partial charge in [-0.2, -0.15) is 0 Å². The predicted molar refractivity (Wildman–Crippen MR) is 99.2 cm³/mol. The Morgan fingerprint density at radius 1 is 1.00 bits per heavy atom. The molecule has 0 amide bonds. The molecule has 0 bridgehead atoms. The first-order valence-electron chi connectivity index (χ1n) is 9.74. The zero-order chi connectivity index (χ0) is 17.5. The first kappa shape index (κ1) is 17.6. The van der Waals surface area contributed by atoms with Crippen LogP contribution < -0.4 is 0 Å². The normalized spacial score (nSPS) is 35.4. The Balaban J connectivity index is 1.79. The van der Waals surface area contributed by atoms with Crippen LogP contribution in [0.2, 0.25) is 0 Å². The number of benzene rings is 1. The number of phenols is 2. The van der Waals surface area contributed by atoms with Crippen LogP contribution >= 0.6 is 0 Å². The lowest BCUT2D eigenvalue weighted by molar-refractivity contribution is -0.0957. The Kier molecular flexibility index (Phi) is 4.61. The van der Waals surface area contributed by atoms with Crippen molar-refractivity contribution in [1.29, 1.82) is 0 Å². The van der Waals surface area contributed by atoms with Crippen molar-refractivity contribution in [2.45, 2.75) is 72.6 Å². The molecule has 2 aliphatic carbocycles. The van der Waals surface area contributed by atoms with Crippen LogP contribution in [0.1, 0.15) is 71.8 Å². The second-order valence-corrected chi connectivity index (χ2v) is 9.46. The smallest absolute Gasteiger partial charge is 0.119 e. The van der Waals surface area contributed by atoms with Gasteiger partial charge in [-0.15, -0.1) is 0 Å². The first-order valence-corrected chi connectivity index (χ1v) is 9.74. The van der Waals surface area contributed by atoms with Gasteiger partial charge in [-0.3, -0.25) is 0 Å². The number of aryl methyl sites for hydroxylation is 1. The van der Waals surface area contributed by atoms with E-state index in [9.17, 15) is 10.2 Å². The third-order valence-corrected chi connectivity index (χ3v) is 7.43. The SMILES string of the molecule is C[C@H]1CC[C@H]2C(C)(C)CCC[C@]2(C)[C@H]1CCc1cc(O)cc(O)c1. The fourth-order valence-electron chi connectivity index (χ4n) is 6.35. The third kappa shape index (κ3) is 3.17. The van der Waals surface area contributed by atoms with E-state index >= 15 is 0 Å². The summed E-state index contributed by atoms with van der Waals surface area (Å²) >= 11 is 0. The van der Waals surface area contributed by atoms with Gasteiger partial charge in [-0.05, 0) is 78.4 Å². The third-order valence-electron chi connectivity index (χ3n) is 7.43. The molecule has 2 fully saturated rings. The van der Waals surface area contributed by atoms with Crippen molar-refractivity contribution in [1.82, 2.24) is 0 Å². The molecule has 4 atom stereocenters. The molecule has 2 saturated carbocycles. The molecule has 0 aromatic heterocycles. The van der Waals surface area contributed by atoms with Crippen molar-refractivity contribution >= 4 is 0 Å². The van der Waals surface area contributed by atoms with E-state index in [1.54, 1.807) is 12.1 Å². The Morgan fingerprint density at radius 3 is 2.33 bits per heavy atom. The van der Waals surface area contributed by atoms with E-state index in [0.717, 1.165) is 36.2 Å². The van der Waals surface area contributed by atoms with Crippen molar-refractivity contribution in [3.63, 3.8) is 0 Å². The molecular weight excluding hydrogens is 296 g/mol. The highest BCUT2D eigenvalue weighted by Gasteiger charge is 2.53. The van der Waals surface area contributed by atoms with Crippen molar-refractivity contribution in [3.05, 3.63) is 23.8 Å². The molecule has 0 radical (unpaired) electrons. The molecule has 2 nitrogen and oxygen atoms in total. The van der Waals surface area contributed by atoms with E-state index < -0.39 is 0 Å². The standard InChI is InChI=1S/C22H34O2/c1-15-6-9-20-21(2,3)10-5-11-22(20,4)19(15)8-7-16-12-17(23)14-18(24)13-16/h12-15,19-20,23-24H,5-11H2,1-4H3/t15-,19-,20-,22+/m0/s1. The van der Waals surface area contributed by atoms with E-state index in [1.807, 2.05) is 0 Å². The lowest BCUT2D eigenvalue weighted by Crippen LogP contribution is -2.51. The summed E-state index contributed by atoms with van der Waals surface area (Å²) in [7, 11) is 0. The molecule has 2 heteroatoms. The van der Waals surface area contributed by atoms with Gasteiger partial charge in [0, 0.05) is 6.07 Å². The van der Waals surface area contributed by atoms with Gasteiger partial charge in [0.1, 0.15) is 11.5 Å². The number of phenolic OH excluding ortho intramolecular Hbond substituents is 2. The molecule has 1 aromatic carbocycles. The van der Waals surface area contributed by atoms with Crippen LogP contribution in [0.25, 0.3) is 0 Å². The van der Waals surface area contributed by atoms with Crippen molar-refractivity contribution in [2.24, 2.45) is 28.6 Å². The van der Waals surface area contributed by atoms with Crippen LogP contribution in [0.15, 0.2) is 18.2 Å². The van der Waals surface area contributed by atoms with Crippen molar-refractivity contribution < 1.29 is 10.2 Å². The Hall–Kier alpha value is -1.18. The maximum Gasteiger partial charge on any atom is 0.119 e. The van der Waals surface area contributed by atoms with Crippen molar-refractivity contribution in [3.8, 4) is 11.5 Å². The average Bonchev–Trinajstić information content (AvgIpc) is 2.44. The van der Waals surface area contributed by atoms with Crippen LogP contribution in [-0.2, 0) is 6.42 Å². The molecule has 0 saturated heterocycles. The largest absolute Gasteiger partial charge is 0.508 e. The van der Waals surface area contributed by atoms with Crippen molar-refractivity contribution in [2.75, 3.05) is 0 Å². The monoisotopic (exact) mass is 330 g/mol. The van der Waals surface area contributed by atoms with Crippen LogP contribution in [0.5, 0.6) is 11.5 Å². The van der Waals surface area contributed by atoms with E-state index in [4.69, 9.17) is 0 Å². The Morgan fingerprint density at radius 2 is 1.67 bits per heavy atom. The van der Waals surface area contributed by atoms with Crippen LogP contribution in [0.4, 0.5) is 0 Å². The maximum atomic E-state index is 9.73. The highest BCUT2D eigenvalue weighted by molar-refractivity contribution is 5.36. The lowest BCUT2D eigenvalue weighted by atomic mass is 9.46. The fourth-order valence-corrected chi connectivity index (χ4v) is 6.35. The van der Waals surface area contributed by atoms with Crippen LogP contribution in [0.3, 0.4) is 0 Å². The molecule has 2 aliphatic rings. The average molecular weight is 331 g/mol. The van der Waals surface area contributed by atoms with Gasteiger partial charge < -0.3 is 10.2 Å². The van der Waals surface area contributed by atoms with Gasteiger partial charge in [-0.1, -0.05) is 40.5 Å². The lowest BCUT2D eigenvalue weighted by Gasteiger charge is -2.59. The molecule has 3 rings (SSSR count). The predicted octanol–water partition coefficient (Wildman–Crippen LogP) is 5.91. The number of hydrogen-bond acceptors (Lipinski definition) is 2. The summed E-state index contributed by atoms with van der Waals surface area (Å²) < 4.78 is 0. The highest BCUT2D eigenvalue weighted by Crippen LogP contribution is 2.61. The number of rotatable bonds is 3. The summed E-state index contributed by atoms with van der Waals surface area (Å²) in [5.74, 6) is 2.68. The van der Waals surface area contributed by atoms with Gasteiger partial charge in [0.05, 0.1) is 0 Å². The molecule has 0 unspecified atom stereocenters. The second-order valence-electron chi connectivity index (χ2n) is 9.46. The van der Waals surface area contributed by atoms with Gasteiger partial charge in [0.15, 0.2) is 0 Å². The van der Waals surface area contributed by atoms with E-state index in [2.05, 4.69) is 27.7 Å².